The van der Waals surface area contributed by atoms with Gasteiger partial charge >= 0.3 is 6.09 Å². The molecule has 0 fully saturated rings. The first-order valence-corrected chi connectivity index (χ1v) is 7.31. The molecular weight excluding hydrogens is 289 g/mol. The van der Waals surface area contributed by atoms with Gasteiger partial charge in [0.25, 0.3) is 0 Å². The summed E-state index contributed by atoms with van der Waals surface area (Å²) in [5.41, 5.74) is 0.512. The van der Waals surface area contributed by atoms with Gasteiger partial charge in [0.2, 0.25) is 0 Å². The number of fused-ring (bicyclic) bond motifs is 1. The molecule has 0 bridgehead atoms. The number of alkyl carbamates (subject to hydrolysis) is 1. The number of hydrogen-bond donors (Lipinski definition) is 2. The summed E-state index contributed by atoms with van der Waals surface area (Å²) in [5.74, 6) is -0.416. The molecule has 1 aromatic rings. The lowest BCUT2D eigenvalue weighted by molar-refractivity contribution is -0.0416. The molecule has 0 aliphatic carbocycles. The number of carbonyl (C=O) groups excluding carboxylic acids is 1. The van der Waals surface area contributed by atoms with Crippen LogP contribution in [-0.4, -0.2) is 30.0 Å². The number of aliphatic hydroxyl groups is 1. The van der Waals surface area contributed by atoms with Crippen LogP contribution < -0.4 is 5.32 Å². The van der Waals surface area contributed by atoms with Crippen molar-refractivity contribution in [2.24, 2.45) is 0 Å². The normalized spacial score (nSPS) is 21.1. The van der Waals surface area contributed by atoms with Crippen molar-refractivity contribution in [3.05, 3.63) is 35.1 Å². The smallest absolute Gasteiger partial charge is 0.407 e. The zero-order valence-corrected chi connectivity index (χ0v) is 13.1. The Kier molecular flexibility index (Phi) is 5.03. The van der Waals surface area contributed by atoms with Crippen molar-refractivity contribution in [3.63, 3.8) is 0 Å². The van der Waals surface area contributed by atoms with E-state index in [9.17, 15) is 14.3 Å². The largest absolute Gasteiger partial charge is 0.449 e. The molecule has 5 nitrogen and oxygen atoms in total. The third-order valence-electron chi connectivity index (χ3n) is 3.31. The second-order valence-corrected chi connectivity index (χ2v) is 6.38. The maximum atomic E-state index is 14.0. The third kappa shape index (κ3) is 4.18. The van der Waals surface area contributed by atoms with Crippen LogP contribution in [0, 0.1) is 5.82 Å². The van der Waals surface area contributed by atoms with Crippen LogP contribution in [-0.2, 0) is 9.47 Å². The first kappa shape index (κ1) is 16.7. The molecule has 0 radical (unpaired) electrons. The van der Waals surface area contributed by atoms with E-state index in [2.05, 4.69) is 5.32 Å². The summed E-state index contributed by atoms with van der Waals surface area (Å²) in [6.45, 7) is 5.77. The van der Waals surface area contributed by atoms with Gasteiger partial charge in [-0.15, -0.1) is 0 Å². The Bertz CT molecular complexity index is 541. The van der Waals surface area contributed by atoms with E-state index in [4.69, 9.17) is 9.47 Å². The lowest BCUT2D eigenvalue weighted by atomic mass is 9.94. The molecule has 22 heavy (non-hydrogen) atoms. The fraction of sp³-hybridized carbons (Fsp3) is 0.562. The fourth-order valence-electron chi connectivity index (χ4n) is 2.39. The molecule has 2 rings (SSSR count). The number of benzene rings is 1. The highest BCUT2D eigenvalue weighted by atomic mass is 19.1. The maximum Gasteiger partial charge on any atom is 0.407 e. The minimum atomic E-state index is -0.827. The van der Waals surface area contributed by atoms with Crippen LogP contribution in [0.4, 0.5) is 9.18 Å². The number of carbonyl (C=O) groups is 1. The molecule has 2 N–H and O–H groups in total. The zero-order valence-electron chi connectivity index (χ0n) is 13.1. The molecule has 1 aliphatic rings. The van der Waals surface area contributed by atoms with Gasteiger partial charge in [-0.2, -0.15) is 0 Å². The summed E-state index contributed by atoms with van der Waals surface area (Å²) in [6.07, 6.45) is -1.54. The highest BCUT2D eigenvalue weighted by Crippen LogP contribution is 2.36. The molecule has 1 heterocycles. The number of nitrogens with one attached hydrogen (secondary N) is 1. The lowest BCUT2D eigenvalue weighted by Crippen LogP contribution is -2.41. The van der Waals surface area contributed by atoms with Gasteiger partial charge in [0, 0.05) is 17.5 Å². The van der Waals surface area contributed by atoms with Crippen molar-refractivity contribution in [2.75, 3.05) is 13.2 Å². The Labute approximate surface area is 129 Å². The predicted octanol–water partition coefficient (Wildman–Crippen LogP) is 2.85. The fourth-order valence-corrected chi connectivity index (χ4v) is 2.39. The third-order valence-corrected chi connectivity index (χ3v) is 3.31. The van der Waals surface area contributed by atoms with E-state index in [1.54, 1.807) is 12.1 Å². The van der Waals surface area contributed by atoms with Crippen molar-refractivity contribution in [1.29, 1.82) is 0 Å². The second kappa shape index (κ2) is 6.62. The van der Waals surface area contributed by atoms with Crippen LogP contribution >= 0.6 is 0 Å². The number of aliphatic hydroxyl groups excluding tert-OH is 1. The van der Waals surface area contributed by atoms with Gasteiger partial charge in [0.15, 0.2) is 0 Å². The van der Waals surface area contributed by atoms with E-state index < -0.39 is 24.1 Å². The van der Waals surface area contributed by atoms with Crippen molar-refractivity contribution < 1.29 is 23.8 Å². The van der Waals surface area contributed by atoms with E-state index in [-0.39, 0.29) is 18.8 Å². The molecule has 6 heteroatoms. The highest BCUT2D eigenvalue weighted by Gasteiger charge is 2.29. The molecule has 1 aliphatic heterocycles. The molecule has 0 spiro atoms. The van der Waals surface area contributed by atoms with Crippen LogP contribution in [0.1, 0.15) is 50.5 Å². The van der Waals surface area contributed by atoms with Gasteiger partial charge in [-0.3, -0.25) is 0 Å². The van der Waals surface area contributed by atoms with Crippen LogP contribution in [0.25, 0.3) is 0 Å². The van der Waals surface area contributed by atoms with Crippen LogP contribution in [0.5, 0.6) is 0 Å². The first-order chi connectivity index (χ1) is 10.3. The summed E-state index contributed by atoms with van der Waals surface area (Å²) in [6, 6.07) is 4.58. The number of rotatable bonds is 3. The molecular formula is C16H22FNO4. The van der Waals surface area contributed by atoms with E-state index >= 15 is 0 Å². The summed E-state index contributed by atoms with van der Waals surface area (Å²) >= 11 is 0. The highest BCUT2D eigenvalue weighted by molar-refractivity contribution is 5.68. The Morgan fingerprint density at radius 3 is 2.91 bits per heavy atom. The number of amides is 1. The molecule has 0 saturated heterocycles. The summed E-state index contributed by atoms with van der Waals surface area (Å²) in [4.78, 5) is 11.6. The first-order valence-electron chi connectivity index (χ1n) is 7.31. The molecule has 0 aromatic heterocycles. The average Bonchev–Trinajstić information content (AvgIpc) is 2.40. The molecule has 1 aromatic carbocycles. The van der Waals surface area contributed by atoms with Crippen molar-refractivity contribution >= 4 is 6.09 Å². The monoisotopic (exact) mass is 311 g/mol. The number of halogens is 1. The Balaban J connectivity index is 1.95. The van der Waals surface area contributed by atoms with Gasteiger partial charge in [0.1, 0.15) is 11.9 Å². The topological polar surface area (TPSA) is 67.8 Å². The Morgan fingerprint density at radius 1 is 1.50 bits per heavy atom. The molecule has 122 valence electrons. The van der Waals surface area contributed by atoms with Gasteiger partial charge in [-0.05, 0) is 32.4 Å². The molecule has 1 amide bonds. The quantitative estimate of drug-likeness (QED) is 0.901. The van der Waals surface area contributed by atoms with Gasteiger partial charge in [0.05, 0.1) is 19.3 Å². The number of hydrogen-bond acceptors (Lipinski definition) is 4. The van der Waals surface area contributed by atoms with Crippen molar-refractivity contribution in [1.82, 2.24) is 5.32 Å². The van der Waals surface area contributed by atoms with Crippen LogP contribution in [0.15, 0.2) is 18.2 Å². The molecule has 0 unspecified atom stereocenters. The minimum absolute atomic E-state index is 0.106. The zero-order chi connectivity index (χ0) is 16.3. The van der Waals surface area contributed by atoms with Crippen LogP contribution in [0.3, 0.4) is 0 Å². The summed E-state index contributed by atoms with van der Waals surface area (Å²) in [5, 5.41) is 12.5. The Hall–Kier alpha value is -1.66. The average molecular weight is 311 g/mol. The van der Waals surface area contributed by atoms with E-state index in [1.165, 1.54) is 6.07 Å². The summed E-state index contributed by atoms with van der Waals surface area (Å²) in [7, 11) is 0. The standard InChI is InChI=1S/C16H22FNO4/c1-16(2,3)18-15(20)21-8-7-13-14-10(12(19)9-22-13)5-4-6-11(14)17/h4-6,12-13,19H,7-9H2,1-3H3,(H,18,20)/t12-,13+/m1/s1. The molecule has 0 saturated carbocycles. The van der Waals surface area contributed by atoms with Crippen LogP contribution in [0.2, 0.25) is 0 Å². The Morgan fingerprint density at radius 2 is 2.23 bits per heavy atom. The molecule has 2 atom stereocenters. The van der Waals surface area contributed by atoms with E-state index in [1.807, 2.05) is 20.8 Å². The van der Waals surface area contributed by atoms with Gasteiger partial charge in [-0.25, -0.2) is 9.18 Å². The second-order valence-electron chi connectivity index (χ2n) is 6.38. The van der Waals surface area contributed by atoms with Gasteiger partial charge in [-0.1, -0.05) is 12.1 Å². The predicted molar refractivity (Wildman–Crippen MR) is 78.9 cm³/mol. The lowest BCUT2D eigenvalue weighted by Gasteiger charge is -2.29. The number of ether oxygens (including phenoxy) is 2. The maximum absolute atomic E-state index is 14.0. The van der Waals surface area contributed by atoms with Gasteiger partial charge < -0.3 is 19.9 Å². The van der Waals surface area contributed by atoms with Crippen molar-refractivity contribution in [2.45, 2.75) is 44.9 Å². The minimum Gasteiger partial charge on any atom is -0.449 e. The van der Waals surface area contributed by atoms with Crippen molar-refractivity contribution in [3.8, 4) is 0 Å². The van der Waals surface area contributed by atoms with E-state index in [0.29, 0.717) is 17.5 Å². The van der Waals surface area contributed by atoms with E-state index in [0.717, 1.165) is 0 Å². The summed E-state index contributed by atoms with van der Waals surface area (Å²) < 4.78 is 24.6. The SMILES string of the molecule is CC(C)(C)NC(=O)OCC[C@@H]1OC[C@@H](O)c2cccc(F)c21.